The fourth-order valence-corrected chi connectivity index (χ4v) is 3.15. The van der Waals surface area contributed by atoms with Crippen molar-refractivity contribution < 1.29 is 19.1 Å². The molecule has 1 aliphatic rings. The maximum atomic E-state index is 12.3. The number of anilines is 1. The molecular weight excluding hydrogens is 304 g/mol. The molecule has 22 heavy (non-hydrogen) atoms. The summed E-state index contributed by atoms with van der Waals surface area (Å²) in [5, 5.41) is 3.37. The van der Waals surface area contributed by atoms with E-state index < -0.39 is 5.97 Å². The third-order valence-electron chi connectivity index (χ3n) is 3.40. The van der Waals surface area contributed by atoms with Crippen molar-refractivity contribution in [3.63, 3.8) is 0 Å². The van der Waals surface area contributed by atoms with Gasteiger partial charge in [-0.3, -0.25) is 5.32 Å². The first-order valence-electron chi connectivity index (χ1n) is 7.19. The van der Waals surface area contributed by atoms with Crippen LogP contribution in [0.5, 0.6) is 0 Å². The molecule has 0 aromatic carbocycles. The second-order valence-electron chi connectivity index (χ2n) is 6.12. The Bertz CT molecular complexity index is 556. The number of methoxy groups -OCH3 is 1. The lowest BCUT2D eigenvalue weighted by atomic mass is 9.94. The van der Waals surface area contributed by atoms with Gasteiger partial charge >= 0.3 is 12.0 Å². The Labute approximate surface area is 134 Å². The first kappa shape index (κ1) is 16.8. The van der Waals surface area contributed by atoms with Gasteiger partial charge in [0.2, 0.25) is 0 Å². The van der Waals surface area contributed by atoms with Gasteiger partial charge in [0.1, 0.15) is 5.00 Å². The summed E-state index contributed by atoms with van der Waals surface area (Å²) in [4.78, 5) is 26.9. The summed E-state index contributed by atoms with van der Waals surface area (Å²) >= 11 is 1.41. The normalized spacial score (nSPS) is 15.5. The van der Waals surface area contributed by atoms with Crippen molar-refractivity contribution in [2.75, 3.05) is 38.7 Å². The van der Waals surface area contributed by atoms with Crippen LogP contribution in [-0.2, 0) is 14.9 Å². The topological polar surface area (TPSA) is 67.9 Å². The molecule has 1 aliphatic heterocycles. The molecule has 0 bridgehead atoms. The monoisotopic (exact) mass is 326 g/mol. The van der Waals surface area contributed by atoms with Crippen LogP contribution in [0.2, 0.25) is 0 Å². The average molecular weight is 326 g/mol. The lowest BCUT2D eigenvalue weighted by Crippen LogP contribution is -2.43. The molecule has 0 spiro atoms. The van der Waals surface area contributed by atoms with Crippen LogP contribution in [0.25, 0.3) is 0 Å². The number of urea groups is 1. The minimum Gasteiger partial charge on any atom is -0.465 e. The predicted octanol–water partition coefficient (Wildman–Crippen LogP) is 2.70. The van der Waals surface area contributed by atoms with Crippen LogP contribution in [0.15, 0.2) is 6.07 Å². The molecule has 2 rings (SSSR count). The van der Waals surface area contributed by atoms with Crippen LogP contribution in [0.3, 0.4) is 0 Å². The SMILES string of the molecule is COC(=O)c1cc(C(C)(C)C)sc1NC(=O)N1CCOCC1. The molecule has 0 radical (unpaired) electrons. The summed E-state index contributed by atoms with van der Waals surface area (Å²) < 4.78 is 10.0. The number of hydrogen-bond donors (Lipinski definition) is 1. The Morgan fingerprint density at radius 2 is 1.95 bits per heavy atom. The average Bonchev–Trinajstić information content (AvgIpc) is 2.91. The number of thiophene rings is 1. The van der Waals surface area contributed by atoms with E-state index >= 15 is 0 Å². The molecule has 7 heteroatoms. The molecule has 0 atom stereocenters. The second-order valence-corrected chi connectivity index (χ2v) is 7.18. The van der Waals surface area contributed by atoms with Gasteiger partial charge in [0, 0.05) is 18.0 Å². The zero-order valence-corrected chi connectivity index (χ0v) is 14.2. The maximum Gasteiger partial charge on any atom is 0.340 e. The lowest BCUT2D eigenvalue weighted by molar-refractivity contribution is 0.0564. The molecule has 1 aromatic heterocycles. The van der Waals surface area contributed by atoms with Crippen molar-refractivity contribution in [1.29, 1.82) is 0 Å². The molecule has 0 unspecified atom stereocenters. The van der Waals surface area contributed by atoms with Crippen molar-refractivity contribution in [2.45, 2.75) is 26.2 Å². The van der Waals surface area contributed by atoms with E-state index in [-0.39, 0.29) is 11.4 Å². The van der Waals surface area contributed by atoms with Gasteiger partial charge in [-0.2, -0.15) is 0 Å². The predicted molar refractivity (Wildman–Crippen MR) is 85.8 cm³/mol. The fraction of sp³-hybridized carbons (Fsp3) is 0.600. The zero-order valence-electron chi connectivity index (χ0n) is 13.4. The minimum atomic E-state index is -0.441. The van der Waals surface area contributed by atoms with Gasteiger partial charge in [-0.15, -0.1) is 11.3 Å². The third-order valence-corrected chi connectivity index (χ3v) is 4.87. The number of nitrogens with zero attached hydrogens (tertiary/aromatic N) is 1. The summed E-state index contributed by atoms with van der Waals surface area (Å²) in [6, 6.07) is 1.58. The number of carbonyl (C=O) groups is 2. The molecule has 2 heterocycles. The van der Waals surface area contributed by atoms with Crippen molar-refractivity contribution in [1.82, 2.24) is 4.90 Å². The van der Waals surface area contributed by atoms with E-state index in [4.69, 9.17) is 9.47 Å². The van der Waals surface area contributed by atoms with Crippen LogP contribution < -0.4 is 5.32 Å². The van der Waals surface area contributed by atoms with Crippen LogP contribution in [-0.4, -0.2) is 50.3 Å². The highest BCUT2D eigenvalue weighted by molar-refractivity contribution is 7.16. The van der Waals surface area contributed by atoms with Crippen molar-refractivity contribution in [3.05, 3.63) is 16.5 Å². The molecule has 1 saturated heterocycles. The van der Waals surface area contributed by atoms with Crippen molar-refractivity contribution in [2.24, 2.45) is 0 Å². The molecule has 0 saturated carbocycles. The first-order valence-corrected chi connectivity index (χ1v) is 8.01. The summed E-state index contributed by atoms with van der Waals surface area (Å²) in [6.07, 6.45) is 0. The Morgan fingerprint density at radius 3 is 2.50 bits per heavy atom. The fourth-order valence-electron chi connectivity index (χ4n) is 2.06. The summed E-state index contributed by atoms with van der Waals surface area (Å²) in [5.74, 6) is -0.441. The smallest absolute Gasteiger partial charge is 0.340 e. The highest BCUT2D eigenvalue weighted by atomic mass is 32.1. The van der Waals surface area contributed by atoms with Crippen molar-refractivity contribution >= 4 is 28.3 Å². The Balaban J connectivity index is 2.22. The van der Waals surface area contributed by atoms with E-state index in [2.05, 4.69) is 26.1 Å². The second kappa shape index (κ2) is 6.66. The standard InChI is InChI=1S/C15H22N2O4S/c1-15(2,3)11-9-10(13(18)20-4)12(22-11)16-14(19)17-5-7-21-8-6-17/h9H,5-8H2,1-4H3,(H,16,19). The molecule has 1 fully saturated rings. The van der Waals surface area contributed by atoms with Crippen LogP contribution in [0.1, 0.15) is 36.0 Å². The number of hydrogen-bond acceptors (Lipinski definition) is 5. The van der Waals surface area contributed by atoms with E-state index in [1.807, 2.05) is 0 Å². The molecule has 1 N–H and O–H groups in total. The van der Waals surface area contributed by atoms with Gasteiger partial charge in [0.15, 0.2) is 0 Å². The molecule has 6 nitrogen and oxygen atoms in total. The quantitative estimate of drug-likeness (QED) is 0.849. The highest BCUT2D eigenvalue weighted by Crippen LogP contribution is 2.36. The van der Waals surface area contributed by atoms with Crippen molar-refractivity contribution in [3.8, 4) is 0 Å². The van der Waals surface area contributed by atoms with Gasteiger partial charge in [-0.05, 0) is 11.5 Å². The molecule has 0 aliphatic carbocycles. The Morgan fingerprint density at radius 1 is 1.32 bits per heavy atom. The number of carbonyl (C=O) groups excluding carboxylic acids is 2. The Kier molecular flexibility index (Phi) is 5.08. The first-order chi connectivity index (χ1) is 10.3. The number of rotatable bonds is 2. The minimum absolute atomic E-state index is 0.102. The molecule has 122 valence electrons. The van der Waals surface area contributed by atoms with Crippen LogP contribution in [0.4, 0.5) is 9.80 Å². The third kappa shape index (κ3) is 3.78. The number of ether oxygens (including phenoxy) is 2. The molecule has 2 amide bonds. The van der Waals surface area contributed by atoms with E-state index in [0.717, 1.165) is 4.88 Å². The van der Waals surface area contributed by atoms with Gasteiger partial charge < -0.3 is 14.4 Å². The number of morpholine rings is 1. The largest absolute Gasteiger partial charge is 0.465 e. The Hall–Kier alpha value is -1.60. The van der Waals surface area contributed by atoms with Crippen LogP contribution in [0, 0.1) is 0 Å². The van der Waals surface area contributed by atoms with Gasteiger partial charge in [0.05, 0.1) is 25.9 Å². The summed E-state index contributed by atoms with van der Waals surface area (Å²) in [7, 11) is 1.34. The summed E-state index contributed by atoms with van der Waals surface area (Å²) in [5.41, 5.74) is 0.300. The van der Waals surface area contributed by atoms with E-state index in [1.165, 1.54) is 18.4 Å². The summed E-state index contributed by atoms with van der Waals surface area (Å²) in [6.45, 7) is 8.37. The lowest BCUT2D eigenvalue weighted by Gasteiger charge is -2.26. The molecule has 1 aromatic rings. The van der Waals surface area contributed by atoms with Gasteiger partial charge in [-0.25, -0.2) is 9.59 Å². The number of nitrogens with one attached hydrogen (secondary N) is 1. The number of amides is 2. The van der Waals surface area contributed by atoms with E-state index in [0.29, 0.717) is 36.9 Å². The van der Waals surface area contributed by atoms with Crippen LogP contribution >= 0.6 is 11.3 Å². The highest BCUT2D eigenvalue weighted by Gasteiger charge is 2.26. The van der Waals surface area contributed by atoms with Gasteiger partial charge in [-0.1, -0.05) is 20.8 Å². The maximum absolute atomic E-state index is 12.3. The van der Waals surface area contributed by atoms with E-state index in [1.54, 1.807) is 11.0 Å². The zero-order chi connectivity index (χ0) is 16.3. The van der Waals surface area contributed by atoms with Gasteiger partial charge in [0.25, 0.3) is 0 Å². The molecular formula is C15H22N2O4S. The van der Waals surface area contributed by atoms with E-state index in [9.17, 15) is 9.59 Å². The number of esters is 1.